The number of piperazine rings is 1. The van der Waals surface area contributed by atoms with E-state index in [0.29, 0.717) is 18.1 Å². The van der Waals surface area contributed by atoms with E-state index in [2.05, 4.69) is 24.1 Å². The number of fused-ring (bicyclic) bond motifs is 2. The smallest absolute Gasteiger partial charge is 0.0635 e. The molecule has 12 heavy (non-hydrogen) atoms. The Morgan fingerprint density at radius 2 is 1.83 bits per heavy atom. The summed E-state index contributed by atoms with van der Waals surface area (Å²) in [7, 11) is 0. The highest BCUT2D eigenvalue weighted by Crippen LogP contribution is 2.19. The van der Waals surface area contributed by atoms with Gasteiger partial charge in [0.15, 0.2) is 0 Å². The van der Waals surface area contributed by atoms with Crippen molar-refractivity contribution in [3.63, 3.8) is 0 Å². The summed E-state index contributed by atoms with van der Waals surface area (Å²) >= 11 is 0. The zero-order valence-electron chi connectivity index (χ0n) is 7.92. The Morgan fingerprint density at radius 1 is 1.25 bits per heavy atom. The predicted molar refractivity (Wildman–Crippen MR) is 48.2 cm³/mol. The second-order valence-corrected chi connectivity index (χ2v) is 4.04. The van der Waals surface area contributed by atoms with Gasteiger partial charge >= 0.3 is 0 Å². The number of rotatable bonds is 1. The molecule has 2 fully saturated rings. The molecule has 3 nitrogen and oxygen atoms in total. The molecule has 3 heteroatoms. The van der Waals surface area contributed by atoms with E-state index in [4.69, 9.17) is 4.74 Å². The van der Waals surface area contributed by atoms with Gasteiger partial charge in [0.25, 0.3) is 0 Å². The van der Waals surface area contributed by atoms with Gasteiger partial charge < -0.3 is 10.1 Å². The van der Waals surface area contributed by atoms with Crippen molar-refractivity contribution < 1.29 is 4.74 Å². The quantitative estimate of drug-likeness (QED) is 0.602. The van der Waals surface area contributed by atoms with Crippen LogP contribution < -0.4 is 5.32 Å². The average Bonchev–Trinajstić information content (AvgIpc) is 2.02. The maximum absolute atomic E-state index is 5.54. The SMILES string of the molecule is CC(C)N1[C@@H]2CNC[C@@H]1COC2. The van der Waals surface area contributed by atoms with Crippen LogP contribution >= 0.6 is 0 Å². The lowest BCUT2D eigenvalue weighted by molar-refractivity contribution is -0.0787. The maximum Gasteiger partial charge on any atom is 0.0635 e. The molecular formula is C9H18N2O. The third-order valence-electron chi connectivity index (χ3n) is 2.82. The van der Waals surface area contributed by atoms with Crippen LogP contribution in [0.2, 0.25) is 0 Å². The summed E-state index contributed by atoms with van der Waals surface area (Å²) in [4.78, 5) is 2.60. The molecule has 2 rings (SSSR count). The number of ether oxygens (including phenoxy) is 1. The summed E-state index contributed by atoms with van der Waals surface area (Å²) in [6.45, 7) is 8.54. The van der Waals surface area contributed by atoms with Crippen LogP contribution in [0.4, 0.5) is 0 Å². The van der Waals surface area contributed by atoms with Crippen molar-refractivity contribution in [3.8, 4) is 0 Å². The van der Waals surface area contributed by atoms with Gasteiger partial charge in [-0.05, 0) is 13.8 Å². The Kier molecular flexibility index (Phi) is 2.35. The lowest BCUT2D eigenvalue weighted by Gasteiger charge is -2.48. The normalized spacial score (nSPS) is 37.2. The molecule has 0 aromatic carbocycles. The Bertz CT molecular complexity index is 139. The van der Waals surface area contributed by atoms with Gasteiger partial charge in [-0.3, -0.25) is 4.90 Å². The molecule has 2 heterocycles. The fourth-order valence-corrected chi connectivity index (χ4v) is 2.40. The Balaban J connectivity index is 2.08. The number of nitrogens with one attached hydrogen (secondary N) is 1. The highest BCUT2D eigenvalue weighted by molar-refractivity contribution is 4.91. The molecule has 2 aliphatic rings. The summed E-state index contributed by atoms with van der Waals surface area (Å²) in [6, 6.07) is 1.88. The first kappa shape index (κ1) is 8.48. The molecule has 2 saturated heterocycles. The molecular weight excluding hydrogens is 152 g/mol. The van der Waals surface area contributed by atoms with Gasteiger partial charge in [0.1, 0.15) is 0 Å². The minimum Gasteiger partial charge on any atom is -0.378 e. The number of nitrogens with zero attached hydrogens (tertiary/aromatic N) is 1. The topological polar surface area (TPSA) is 24.5 Å². The van der Waals surface area contributed by atoms with Crippen LogP contribution in [0.5, 0.6) is 0 Å². The van der Waals surface area contributed by atoms with E-state index < -0.39 is 0 Å². The van der Waals surface area contributed by atoms with Crippen LogP contribution in [0.3, 0.4) is 0 Å². The molecule has 2 aliphatic heterocycles. The summed E-state index contributed by atoms with van der Waals surface area (Å²) in [5, 5.41) is 3.45. The average molecular weight is 170 g/mol. The molecule has 2 atom stereocenters. The lowest BCUT2D eigenvalue weighted by atomic mass is 10.0. The molecule has 2 bridgehead atoms. The monoisotopic (exact) mass is 170 g/mol. The van der Waals surface area contributed by atoms with Crippen molar-refractivity contribution >= 4 is 0 Å². The van der Waals surface area contributed by atoms with Gasteiger partial charge in [-0.2, -0.15) is 0 Å². The fraction of sp³-hybridized carbons (Fsp3) is 1.00. The molecule has 0 radical (unpaired) electrons. The van der Waals surface area contributed by atoms with Crippen molar-refractivity contribution in [3.05, 3.63) is 0 Å². The third-order valence-corrected chi connectivity index (χ3v) is 2.82. The highest BCUT2D eigenvalue weighted by Gasteiger charge is 2.35. The van der Waals surface area contributed by atoms with E-state index in [1.807, 2.05) is 0 Å². The second-order valence-electron chi connectivity index (χ2n) is 4.04. The largest absolute Gasteiger partial charge is 0.378 e. The Labute approximate surface area is 74.1 Å². The summed E-state index contributed by atoms with van der Waals surface area (Å²) in [5.41, 5.74) is 0. The Hall–Kier alpha value is -0.120. The summed E-state index contributed by atoms with van der Waals surface area (Å²) in [6.07, 6.45) is 0. The molecule has 0 amide bonds. The van der Waals surface area contributed by atoms with Gasteiger partial charge in [-0.15, -0.1) is 0 Å². The van der Waals surface area contributed by atoms with Gasteiger partial charge in [-0.25, -0.2) is 0 Å². The summed E-state index contributed by atoms with van der Waals surface area (Å²) in [5.74, 6) is 0. The zero-order chi connectivity index (χ0) is 8.55. The van der Waals surface area contributed by atoms with Crippen LogP contribution in [0.1, 0.15) is 13.8 Å². The zero-order valence-corrected chi connectivity index (χ0v) is 7.92. The van der Waals surface area contributed by atoms with Crippen molar-refractivity contribution in [1.82, 2.24) is 10.2 Å². The molecule has 0 unspecified atom stereocenters. The van der Waals surface area contributed by atoms with Crippen molar-refractivity contribution in [1.29, 1.82) is 0 Å². The first-order valence-electron chi connectivity index (χ1n) is 4.85. The van der Waals surface area contributed by atoms with E-state index >= 15 is 0 Å². The van der Waals surface area contributed by atoms with E-state index in [0.717, 1.165) is 26.3 Å². The van der Waals surface area contributed by atoms with E-state index in [1.165, 1.54) is 0 Å². The first-order valence-corrected chi connectivity index (χ1v) is 4.85. The van der Waals surface area contributed by atoms with Crippen LogP contribution in [-0.4, -0.2) is 49.3 Å². The van der Waals surface area contributed by atoms with Crippen molar-refractivity contribution in [2.45, 2.75) is 32.0 Å². The number of morpholine rings is 1. The third kappa shape index (κ3) is 1.37. The van der Waals surface area contributed by atoms with E-state index in [1.54, 1.807) is 0 Å². The molecule has 0 saturated carbocycles. The van der Waals surface area contributed by atoms with Crippen LogP contribution in [0, 0.1) is 0 Å². The van der Waals surface area contributed by atoms with Gasteiger partial charge in [0.05, 0.1) is 13.2 Å². The second kappa shape index (κ2) is 3.32. The van der Waals surface area contributed by atoms with Crippen molar-refractivity contribution in [2.75, 3.05) is 26.3 Å². The van der Waals surface area contributed by atoms with E-state index in [-0.39, 0.29) is 0 Å². The number of hydrogen-bond donors (Lipinski definition) is 1. The number of hydrogen-bond acceptors (Lipinski definition) is 3. The van der Waals surface area contributed by atoms with Gasteiger partial charge in [0.2, 0.25) is 0 Å². The van der Waals surface area contributed by atoms with Gasteiger partial charge in [-0.1, -0.05) is 0 Å². The minimum atomic E-state index is 0.609. The molecule has 0 aliphatic carbocycles. The van der Waals surface area contributed by atoms with Crippen LogP contribution in [0.25, 0.3) is 0 Å². The lowest BCUT2D eigenvalue weighted by Crippen LogP contribution is -2.65. The minimum absolute atomic E-state index is 0.609. The molecule has 0 aromatic heterocycles. The van der Waals surface area contributed by atoms with Crippen LogP contribution in [-0.2, 0) is 4.74 Å². The summed E-state index contributed by atoms with van der Waals surface area (Å²) < 4.78 is 5.54. The Morgan fingerprint density at radius 3 is 2.25 bits per heavy atom. The molecule has 0 spiro atoms. The van der Waals surface area contributed by atoms with Crippen molar-refractivity contribution in [2.24, 2.45) is 0 Å². The first-order chi connectivity index (χ1) is 5.79. The predicted octanol–water partition coefficient (Wildman–Crippen LogP) is 0.0674. The molecule has 1 N–H and O–H groups in total. The highest BCUT2D eigenvalue weighted by atomic mass is 16.5. The standard InChI is InChI=1S/C9H18N2O/c1-7(2)11-8-3-10-4-9(11)6-12-5-8/h7-10H,3-6H2,1-2H3/t8-,9-/m1/s1. The van der Waals surface area contributed by atoms with Crippen LogP contribution in [0.15, 0.2) is 0 Å². The molecule has 70 valence electrons. The maximum atomic E-state index is 5.54. The fourth-order valence-electron chi connectivity index (χ4n) is 2.40. The van der Waals surface area contributed by atoms with Gasteiger partial charge in [0, 0.05) is 31.2 Å². The van der Waals surface area contributed by atoms with E-state index in [9.17, 15) is 0 Å². The molecule has 0 aromatic rings.